The van der Waals surface area contributed by atoms with Crippen LogP contribution in [0.4, 0.5) is 17.5 Å². The van der Waals surface area contributed by atoms with Gasteiger partial charge in [0.2, 0.25) is 5.95 Å². The summed E-state index contributed by atoms with van der Waals surface area (Å²) in [5.74, 6) is 0.359. The second-order valence-electron chi connectivity index (χ2n) is 8.63. The van der Waals surface area contributed by atoms with Gasteiger partial charge in [-0.2, -0.15) is 4.98 Å². The summed E-state index contributed by atoms with van der Waals surface area (Å²) in [5, 5.41) is 7.12. The minimum atomic E-state index is -0.614. The van der Waals surface area contributed by atoms with E-state index < -0.39 is 5.97 Å². The van der Waals surface area contributed by atoms with Crippen molar-refractivity contribution in [2.24, 2.45) is 0 Å². The van der Waals surface area contributed by atoms with Crippen LogP contribution in [0.2, 0.25) is 0 Å². The molecule has 35 heavy (non-hydrogen) atoms. The lowest BCUT2D eigenvalue weighted by Crippen LogP contribution is -2.43. The molecule has 2 aliphatic rings. The van der Waals surface area contributed by atoms with Gasteiger partial charge in [-0.3, -0.25) is 9.36 Å². The fraction of sp³-hybridized carbons (Fsp3) is 0.458. The van der Waals surface area contributed by atoms with Gasteiger partial charge in [-0.25, -0.2) is 14.8 Å². The molecule has 3 aromatic rings. The van der Waals surface area contributed by atoms with Crippen molar-refractivity contribution in [3.8, 4) is 0 Å². The van der Waals surface area contributed by atoms with E-state index in [1.165, 1.54) is 6.07 Å². The van der Waals surface area contributed by atoms with Crippen molar-refractivity contribution >= 4 is 46.9 Å². The molecule has 0 spiro atoms. The molecule has 0 radical (unpaired) electrons. The standard InChI is InChI=1S/C24H29N7O3.ClH/c1-2-34-23(33)19-13-16-14-27-24(29-21(16)31(22(19)32)17-5-3-4-6-17)28-20-8-7-18(15-26-20)30-11-9-25-10-12-30;/h7-8,13-15,17,25H,2-6,9-12H2,1H3,(H,26,27,28,29);1H. The SMILES string of the molecule is CCOC(=O)c1cc2cnc(Nc3ccc(N4CCNCC4)cn3)nc2n(C2CCCC2)c1=O.Cl. The van der Waals surface area contributed by atoms with Crippen LogP contribution in [-0.2, 0) is 4.74 Å². The molecule has 1 aliphatic heterocycles. The molecule has 2 fully saturated rings. The number of hydrogen-bond donors (Lipinski definition) is 2. The third kappa shape index (κ3) is 5.23. The largest absolute Gasteiger partial charge is 0.462 e. The minimum absolute atomic E-state index is 0. The number of anilines is 3. The van der Waals surface area contributed by atoms with Gasteiger partial charge in [0.1, 0.15) is 17.0 Å². The molecule has 3 aromatic heterocycles. The number of hydrogen-bond acceptors (Lipinski definition) is 9. The van der Waals surface area contributed by atoms with Gasteiger partial charge in [0.25, 0.3) is 5.56 Å². The number of rotatable bonds is 6. The summed E-state index contributed by atoms with van der Waals surface area (Å²) >= 11 is 0. The number of aromatic nitrogens is 4. The number of nitrogens with zero attached hydrogens (tertiary/aromatic N) is 5. The molecule has 10 nitrogen and oxygen atoms in total. The number of fused-ring (bicyclic) bond motifs is 1. The summed E-state index contributed by atoms with van der Waals surface area (Å²) < 4.78 is 6.77. The van der Waals surface area contributed by atoms with Gasteiger partial charge in [-0.05, 0) is 38.0 Å². The van der Waals surface area contributed by atoms with Crippen molar-refractivity contribution in [1.82, 2.24) is 24.8 Å². The maximum atomic E-state index is 13.3. The summed E-state index contributed by atoms with van der Waals surface area (Å²) in [6.45, 7) is 5.76. The zero-order chi connectivity index (χ0) is 23.5. The van der Waals surface area contributed by atoms with E-state index in [0.29, 0.717) is 22.8 Å². The topological polar surface area (TPSA) is 114 Å². The van der Waals surface area contributed by atoms with E-state index in [2.05, 4.69) is 30.5 Å². The van der Waals surface area contributed by atoms with Crippen molar-refractivity contribution in [3.05, 3.63) is 46.5 Å². The summed E-state index contributed by atoms with van der Waals surface area (Å²) in [6.07, 6.45) is 7.32. The molecule has 0 bridgehead atoms. The fourth-order valence-electron chi connectivity index (χ4n) is 4.72. The molecule has 0 aromatic carbocycles. The van der Waals surface area contributed by atoms with Crippen LogP contribution in [0.3, 0.4) is 0 Å². The number of pyridine rings is 2. The second-order valence-corrected chi connectivity index (χ2v) is 8.63. The number of halogens is 1. The van der Waals surface area contributed by atoms with Crippen LogP contribution in [0.15, 0.2) is 35.4 Å². The summed E-state index contributed by atoms with van der Waals surface area (Å²) in [6, 6.07) is 5.47. The van der Waals surface area contributed by atoms with Crippen LogP contribution < -0.4 is 21.1 Å². The molecule has 5 rings (SSSR count). The Labute approximate surface area is 209 Å². The normalized spacial score (nSPS) is 16.2. The zero-order valence-electron chi connectivity index (χ0n) is 19.7. The first-order valence-electron chi connectivity index (χ1n) is 11.9. The van der Waals surface area contributed by atoms with Crippen LogP contribution >= 0.6 is 12.4 Å². The third-order valence-electron chi connectivity index (χ3n) is 6.43. The van der Waals surface area contributed by atoms with Crippen LogP contribution in [0.25, 0.3) is 11.0 Å². The molecule has 0 atom stereocenters. The molecule has 0 unspecified atom stereocenters. The average Bonchev–Trinajstić information content (AvgIpc) is 3.39. The number of ether oxygens (including phenoxy) is 1. The van der Waals surface area contributed by atoms with Crippen molar-refractivity contribution in [2.75, 3.05) is 43.0 Å². The van der Waals surface area contributed by atoms with Gasteiger partial charge >= 0.3 is 5.97 Å². The Morgan fingerprint density at radius 3 is 2.63 bits per heavy atom. The Morgan fingerprint density at radius 1 is 1.17 bits per heavy atom. The van der Waals surface area contributed by atoms with Gasteiger partial charge in [0, 0.05) is 43.8 Å². The summed E-state index contributed by atoms with van der Waals surface area (Å²) in [5.41, 5.74) is 1.25. The van der Waals surface area contributed by atoms with E-state index in [-0.39, 0.29) is 36.2 Å². The highest BCUT2D eigenvalue weighted by molar-refractivity contribution is 5.93. The number of carbonyl (C=O) groups is 1. The molecule has 4 heterocycles. The molecule has 1 saturated heterocycles. The second kappa shape index (κ2) is 11.0. The van der Waals surface area contributed by atoms with Crippen molar-refractivity contribution in [1.29, 1.82) is 0 Å². The monoisotopic (exact) mass is 499 g/mol. The first-order chi connectivity index (χ1) is 16.6. The molecular weight excluding hydrogens is 470 g/mol. The van der Waals surface area contributed by atoms with E-state index in [4.69, 9.17) is 4.74 Å². The van der Waals surface area contributed by atoms with E-state index in [1.54, 1.807) is 17.7 Å². The lowest BCUT2D eigenvalue weighted by Gasteiger charge is -2.29. The zero-order valence-corrected chi connectivity index (χ0v) is 20.5. The van der Waals surface area contributed by atoms with E-state index in [9.17, 15) is 9.59 Å². The third-order valence-corrected chi connectivity index (χ3v) is 6.43. The molecule has 1 saturated carbocycles. The van der Waals surface area contributed by atoms with Crippen LogP contribution in [0.1, 0.15) is 49.0 Å². The van der Waals surface area contributed by atoms with Crippen LogP contribution in [-0.4, -0.2) is 58.3 Å². The number of piperazine rings is 1. The lowest BCUT2D eigenvalue weighted by molar-refractivity contribution is 0.0523. The quantitative estimate of drug-likeness (QED) is 0.494. The summed E-state index contributed by atoms with van der Waals surface area (Å²) in [4.78, 5) is 41.6. The molecule has 186 valence electrons. The number of carbonyl (C=O) groups excluding carboxylic acids is 1. The highest BCUT2D eigenvalue weighted by Gasteiger charge is 2.25. The molecular formula is C24H30ClN7O3. The van der Waals surface area contributed by atoms with E-state index >= 15 is 0 Å². The Kier molecular flexibility index (Phi) is 7.82. The molecule has 0 amide bonds. The Hall–Kier alpha value is -3.24. The van der Waals surface area contributed by atoms with Gasteiger partial charge in [-0.1, -0.05) is 12.8 Å². The smallest absolute Gasteiger partial charge is 0.343 e. The number of nitrogens with one attached hydrogen (secondary N) is 2. The average molecular weight is 500 g/mol. The lowest BCUT2D eigenvalue weighted by atomic mass is 10.1. The molecule has 1 aliphatic carbocycles. The number of esters is 1. The summed E-state index contributed by atoms with van der Waals surface area (Å²) in [7, 11) is 0. The highest BCUT2D eigenvalue weighted by atomic mass is 35.5. The Morgan fingerprint density at radius 2 is 1.94 bits per heavy atom. The first kappa shape index (κ1) is 24.9. The van der Waals surface area contributed by atoms with Crippen LogP contribution in [0, 0.1) is 0 Å². The Balaban J connectivity index is 0.00000289. The predicted molar refractivity (Wildman–Crippen MR) is 137 cm³/mol. The fourth-order valence-corrected chi connectivity index (χ4v) is 4.72. The maximum Gasteiger partial charge on any atom is 0.343 e. The Bertz CT molecular complexity index is 1240. The van der Waals surface area contributed by atoms with Gasteiger partial charge in [-0.15, -0.1) is 12.4 Å². The van der Waals surface area contributed by atoms with Gasteiger partial charge in [0.15, 0.2) is 0 Å². The predicted octanol–water partition coefficient (Wildman–Crippen LogP) is 3.05. The van der Waals surface area contributed by atoms with Crippen molar-refractivity contribution < 1.29 is 9.53 Å². The highest BCUT2D eigenvalue weighted by Crippen LogP contribution is 2.31. The van der Waals surface area contributed by atoms with Gasteiger partial charge in [0.05, 0.1) is 18.5 Å². The van der Waals surface area contributed by atoms with E-state index in [1.807, 2.05) is 18.3 Å². The van der Waals surface area contributed by atoms with Crippen molar-refractivity contribution in [3.63, 3.8) is 0 Å². The van der Waals surface area contributed by atoms with Crippen LogP contribution in [0.5, 0.6) is 0 Å². The van der Waals surface area contributed by atoms with Crippen molar-refractivity contribution in [2.45, 2.75) is 38.6 Å². The minimum Gasteiger partial charge on any atom is -0.462 e. The van der Waals surface area contributed by atoms with E-state index in [0.717, 1.165) is 57.5 Å². The maximum absolute atomic E-state index is 13.3. The van der Waals surface area contributed by atoms with Gasteiger partial charge < -0.3 is 20.3 Å². The molecule has 11 heteroatoms. The first-order valence-corrected chi connectivity index (χ1v) is 11.9. The molecule has 2 N–H and O–H groups in total.